The predicted octanol–water partition coefficient (Wildman–Crippen LogP) is 2.08. The standard InChI is InChI=1S/C13H15FN2O2S/c1-2-16(5-6-17)13(18)12-11(15)9-7-8(14)3-4-10(9)19-12/h3-4,7,17H,2,5-6,15H2,1H3. The second-order valence-electron chi connectivity index (χ2n) is 4.09. The highest BCUT2D eigenvalue weighted by atomic mass is 32.1. The normalized spacial score (nSPS) is 10.9. The molecule has 2 rings (SSSR count). The zero-order valence-electron chi connectivity index (χ0n) is 10.5. The van der Waals surface area contributed by atoms with Gasteiger partial charge in [-0.05, 0) is 25.1 Å². The molecule has 1 heterocycles. The quantitative estimate of drug-likeness (QED) is 0.902. The van der Waals surface area contributed by atoms with E-state index in [4.69, 9.17) is 10.8 Å². The third-order valence-electron chi connectivity index (χ3n) is 2.92. The van der Waals surface area contributed by atoms with Crippen LogP contribution in [-0.4, -0.2) is 35.6 Å². The van der Waals surface area contributed by atoms with Gasteiger partial charge in [0.05, 0.1) is 12.3 Å². The fourth-order valence-corrected chi connectivity index (χ4v) is 2.99. The molecule has 0 aliphatic heterocycles. The molecule has 0 fully saturated rings. The van der Waals surface area contributed by atoms with Gasteiger partial charge in [0.2, 0.25) is 0 Å². The number of hydrogen-bond acceptors (Lipinski definition) is 4. The van der Waals surface area contributed by atoms with E-state index < -0.39 is 0 Å². The molecule has 1 aromatic carbocycles. The number of aliphatic hydroxyl groups is 1. The minimum atomic E-state index is -0.376. The second-order valence-corrected chi connectivity index (χ2v) is 5.15. The van der Waals surface area contributed by atoms with Gasteiger partial charge in [0.25, 0.3) is 5.91 Å². The maximum Gasteiger partial charge on any atom is 0.266 e. The van der Waals surface area contributed by atoms with Gasteiger partial charge in [0, 0.05) is 23.2 Å². The Labute approximate surface area is 114 Å². The van der Waals surface area contributed by atoms with Gasteiger partial charge in [-0.3, -0.25) is 4.79 Å². The maximum atomic E-state index is 13.2. The van der Waals surface area contributed by atoms with E-state index in [0.29, 0.717) is 22.5 Å². The van der Waals surface area contributed by atoms with Crippen molar-refractivity contribution in [3.8, 4) is 0 Å². The molecule has 102 valence electrons. The van der Waals surface area contributed by atoms with E-state index in [1.165, 1.54) is 28.4 Å². The molecule has 0 unspecified atom stereocenters. The summed E-state index contributed by atoms with van der Waals surface area (Å²) in [4.78, 5) is 14.2. The van der Waals surface area contributed by atoms with Crippen molar-refractivity contribution in [3.63, 3.8) is 0 Å². The van der Waals surface area contributed by atoms with Crippen molar-refractivity contribution in [2.75, 3.05) is 25.4 Å². The number of carbonyl (C=O) groups excluding carboxylic acids is 1. The minimum absolute atomic E-state index is 0.0982. The van der Waals surface area contributed by atoms with Crippen molar-refractivity contribution < 1.29 is 14.3 Å². The first-order valence-corrected chi connectivity index (χ1v) is 6.77. The van der Waals surface area contributed by atoms with E-state index in [1.54, 1.807) is 6.07 Å². The molecule has 2 aromatic rings. The fourth-order valence-electron chi connectivity index (χ4n) is 1.92. The lowest BCUT2D eigenvalue weighted by Gasteiger charge is -2.18. The van der Waals surface area contributed by atoms with E-state index >= 15 is 0 Å². The van der Waals surface area contributed by atoms with Crippen molar-refractivity contribution in [2.45, 2.75) is 6.92 Å². The molecule has 1 amide bonds. The largest absolute Gasteiger partial charge is 0.397 e. The first-order valence-electron chi connectivity index (χ1n) is 5.96. The highest BCUT2D eigenvalue weighted by Crippen LogP contribution is 2.34. The molecule has 0 bridgehead atoms. The number of carbonyl (C=O) groups is 1. The Balaban J connectivity index is 2.45. The molecule has 0 aliphatic rings. The molecule has 0 saturated carbocycles. The number of nitrogen functional groups attached to an aromatic ring is 1. The van der Waals surface area contributed by atoms with Crippen molar-refractivity contribution in [1.82, 2.24) is 4.90 Å². The SMILES string of the molecule is CCN(CCO)C(=O)c1sc2ccc(F)cc2c1N. The molecule has 0 atom stereocenters. The van der Waals surface area contributed by atoms with Crippen LogP contribution in [0.5, 0.6) is 0 Å². The van der Waals surface area contributed by atoms with Crippen molar-refractivity contribution in [3.05, 3.63) is 28.9 Å². The lowest BCUT2D eigenvalue weighted by atomic mass is 10.2. The number of nitrogens with two attached hydrogens (primary N) is 1. The van der Waals surface area contributed by atoms with Gasteiger partial charge in [-0.25, -0.2) is 4.39 Å². The number of hydrogen-bond donors (Lipinski definition) is 2. The van der Waals surface area contributed by atoms with E-state index in [2.05, 4.69) is 0 Å². The number of rotatable bonds is 4. The first-order chi connectivity index (χ1) is 9.08. The number of amides is 1. The Morgan fingerprint density at radius 3 is 2.89 bits per heavy atom. The summed E-state index contributed by atoms with van der Waals surface area (Å²) in [5.41, 5.74) is 6.24. The van der Waals surface area contributed by atoms with Crippen molar-refractivity contribution in [1.29, 1.82) is 0 Å². The molecule has 0 radical (unpaired) electrons. The van der Waals surface area contributed by atoms with Crippen LogP contribution >= 0.6 is 11.3 Å². The number of halogens is 1. The average Bonchev–Trinajstić information content (AvgIpc) is 2.72. The molecule has 1 aromatic heterocycles. The van der Waals surface area contributed by atoms with Crippen LogP contribution < -0.4 is 5.73 Å². The summed E-state index contributed by atoms with van der Waals surface area (Å²) in [6, 6.07) is 4.29. The molecule has 19 heavy (non-hydrogen) atoms. The Morgan fingerprint density at radius 2 is 2.26 bits per heavy atom. The summed E-state index contributed by atoms with van der Waals surface area (Å²) in [6.45, 7) is 2.48. The summed E-state index contributed by atoms with van der Waals surface area (Å²) in [7, 11) is 0. The second kappa shape index (κ2) is 5.54. The van der Waals surface area contributed by atoms with Crippen LogP contribution in [0.4, 0.5) is 10.1 Å². The third-order valence-corrected chi connectivity index (χ3v) is 4.10. The van der Waals surface area contributed by atoms with Crippen LogP contribution in [0.2, 0.25) is 0 Å². The van der Waals surface area contributed by atoms with Crippen LogP contribution in [-0.2, 0) is 0 Å². The van der Waals surface area contributed by atoms with Gasteiger partial charge in [0.1, 0.15) is 10.7 Å². The van der Waals surface area contributed by atoms with Gasteiger partial charge < -0.3 is 15.7 Å². The Morgan fingerprint density at radius 1 is 1.53 bits per heavy atom. The summed E-state index contributed by atoms with van der Waals surface area (Å²) >= 11 is 1.25. The molecular formula is C13H15FN2O2S. The lowest BCUT2D eigenvalue weighted by Crippen LogP contribution is -2.33. The highest BCUT2D eigenvalue weighted by molar-refractivity contribution is 7.21. The molecular weight excluding hydrogens is 267 g/mol. The zero-order valence-corrected chi connectivity index (χ0v) is 11.3. The first kappa shape index (κ1) is 13.8. The average molecular weight is 282 g/mol. The molecule has 0 aliphatic carbocycles. The van der Waals surface area contributed by atoms with Crippen LogP contribution in [0.25, 0.3) is 10.1 Å². The topological polar surface area (TPSA) is 66.6 Å². The van der Waals surface area contributed by atoms with Crippen molar-refractivity contribution >= 4 is 33.0 Å². The number of thiophene rings is 1. The Bertz CT molecular complexity index is 612. The van der Waals surface area contributed by atoms with Gasteiger partial charge in [-0.2, -0.15) is 0 Å². The van der Waals surface area contributed by atoms with Crippen molar-refractivity contribution in [2.24, 2.45) is 0 Å². The number of likely N-dealkylation sites (N-methyl/N-ethyl adjacent to an activating group) is 1. The maximum absolute atomic E-state index is 13.2. The summed E-state index contributed by atoms with van der Waals surface area (Å²) in [5.74, 6) is -0.602. The smallest absolute Gasteiger partial charge is 0.266 e. The van der Waals surface area contributed by atoms with E-state index in [1.807, 2.05) is 6.92 Å². The summed E-state index contributed by atoms with van der Waals surface area (Å²) < 4.78 is 14.0. The predicted molar refractivity (Wildman–Crippen MR) is 74.9 cm³/mol. The Hall–Kier alpha value is -1.66. The number of anilines is 1. The molecule has 6 heteroatoms. The van der Waals surface area contributed by atoms with E-state index in [0.717, 1.165) is 4.70 Å². The number of nitrogens with zero attached hydrogens (tertiary/aromatic N) is 1. The van der Waals surface area contributed by atoms with Crippen LogP contribution in [0, 0.1) is 5.82 Å². The zero-order chi connectivity index (χ0) is 14.0. The van der Waals surface area contributed by atoms with Gasteiger partial charge in [0.15, 0.2) is 0 Å². The van der Waals surface area contributed by atoms with Gasteiger partial charge in [-0.15, -0.1) is 11.3 Å². The lowest BCUT2D eigenvalue weighted by molar-refractivity contribution is 0.0738. The van der Waals surface area contributed by atoms with E-state index in [9.17, 15) is 9.18 Å². The van der Waals surface area contributed by atoms with Gasteiger partial charge >= 0.3 is 0 Å². The number of fused-ring (bicyclic) bond motifs is 1. The number of benzene rings is 1. The van der Waals surface area contributed by atoms with E-state index in [-0.39, 0.29) is 24.9 Å². The Kier molecular flexibility index (Phi) is 4.01. The molecule has 3 N–H and O–H groups in total. The monoisotopic (exact) mass is 282 g/mol. The molecule has 4 nitrogen and oxygen atoms in total. The summed E-state index contributed by atoms with van der Waals surface area (Å²) in [5, 5.41) is 9.50. The van der Waals surface area contributed by atoms with Crippen LogP contribution in [0.1, 0.15) is 16.6 Å². The van der Waals surface area contributed by atoms with Crippen LogP contribution in [0.3, 0.4) is 0 Å². The molecule has 0 saturated heterocycles. The minimum Gasteiger partial charge on any atom is -0.397 e. The fraction of sp³-hybridized carbons (Fsp3) is 0.308. The molecule has 0 spiro atoms. The van der Waals surface area contributed by atoms with Crippen LogP contribution in [0.15, 0.2) is 18.2 Å². The van der Waals surface area contributed by atoms with Gasteiger partial charge in [-0.1, -0.05) is 0 Å². The highest BCUT2D eigenvalue weighted by Gasteiger charge is 2.21. The third kappa shape index (κ3) is 2.54. The number of aliphatic hydroxyl groups excluding tert-OH is 1. The summed E-state index contributed by atoms with van der Waals surface area (Å²) in [6.07, 6.45) is 0.